The summed E-state index contributed by atoms with van der Waals surface area (Å²) in [6, 6.07) is 10.8. The summed E-state index contributed by atoms with van der Waals surface area (Å²) in [6.07, 6.45) is 2.66. The fourth-order valence-electron chi connectivity index (χ4n) is 3.04. The van der Waals surface area contributed by atoms with Gasteiger partial charge in [0.2, 0.25) is 0 Å². The maximum atomic E-state index is 11.3. The molecule has 0 bridgehead atoms. The Morgan fingerprint density at radius 1 is 1.03 bits per heavy atom. The Kier molecular flexibility index (Phi) is 6.39. The van der Waals surface area contributed by atoms with Gasteiger partial charge in [0.05, 0.1) is 14.2 Å². The molecule has 0 spiro atoms. The van der Waals surface area contributed by atoms with Gasteiger partial charge in [-0.1, -0.05) is 18.2 Å². The molecule has 0 fully saturated rings. The minimum atomic E-state index is -0.574. The average Bonchev–Trinajstić information content (AvgIpc) is 2.74. The normalized spacial score (nSPS) is 17.6. The summed E-state index contributed by atoms with van der Waals surface area (Å²) in [6.45, 7) is 1.35. The first-order valence-electron chi connectivity index (χ1n) is 9.00. The molecule has 3 rings (SSSR count). The largest absolute Gasteiger partial charge is 0.493 e. The van der Waals surface area contributed by atoms with Gasteiger partial charge in [0, 0.05) is 12.5 Å². The average molecular weight is 398 g/mol. The molecule has 0 saturated heterocycles. The molecule has 0 unspecified atom stereocenters. The molecule has 0 N–H and O–H groups in total. The predicted octanol–water partition coefficient (Wildman–Crippen LogP) is 3.36. The Morgan fingerprint density at radius 3 is 2.52 bits per heavy atom. The van der Waals surface area contributed by atoms with Crippen LogP contribution < -0.4 is 18.9 Å². The number of allylic oxidation sites excluding steroid dienone is 1. The lowest BCUT2D eigenvalue weighted by molar-refractivity contribution is -0.145. The van der Waals surface area contributed by atoms with Crippen LogP contribution in [0.25, 0.3) is 6.08 Å². The molecular weight excluding hydrogens is 376 g/mol. The maximum absolute atomic E-state index is 11.3. The molecule has 1 heterocycles. The van der Waals surface area contributed by atoms with Crippen molar-refractivity contribution < 1.29 is 33.3 Å². The van der Waals surface area contributed by atoms with Crippen LogP contribution in [-0.4, -0.2) is 39.2 Å². The molecule has 0 radical (unpaired) electrons. The van der Waals surface area contributed by atoms with Crippen molar-refractivity contribution in [2.45, 2.75) is 19.1 Å². The number of hydrogen-bond acceptors (Lipinski definition) is 7. The summed E-state index contributed by atoms with van der Waals surface area (Å²) in [5.41, 5.74) is 1.57. The molecule has 1 aliphatic rings. The first kappa shape index (κ1) is 20.3. The van der Waals surface area contributed by atoms with Crippen LogP contribution in [0.3, 0.4) is 0 Å². The third-order valence-corrected chi connectivity index (χ3v) is 4.39. The van der Waals surface area contributed by atoms with Gasteiger partial charge in [0.25, 0.3) is 0 Å². The van der Waals surface area contributed by atoms with E-state index in [1.807, 2.05) is 12.1 Å². The molecule has 0 aromatic heterocycles. The second-order valence-corrected chi connectivity index (χ2v) is 6.31. The molecule has 2 aromatic rings. The highest BCUT2D eigenvalue weighted by Gasteiger charge is 2.34. The van der Waals surface area contributed by atoms with E-state index in [1.165, 1.54) is 13.0 Å². The van der Waals surface area contributed by atoms with Gasteiger partial charge in [0.15, 0.2) is 35.2 Å². The third kappa shape index (κ3) is 4.68. The van der Waals surface area contributed by atoms with E-state index in [2.05, 4.69) is 0 Å². The summed E-state index contributed by atoms with van der Waals surface area (Å²) in [4.78, 5) is 21.9. The van der Waals surface area contributed by atoms with E-state index in [0.29, 0.717) is 29.3 Å². The van der Waals surface area contributed by atoms with Gasteiger partial charge in [-0.05, 0) is 35.9 Å². The fraction of sp³-hybridized carbons (Fsp3) is 0.273. The summed E-state index contributed by atoms with van der Waals surface area (Å²) < 4.78 is 28.1. The molecule has 1 aliphatic heterocycles. The quantitative estimate of drug-likeness (QED) is 0.402. The van der Waals surface area contributed by atoms with Crippen LogP contribution in [0.2, 0.25) is 0 Å². The number of fused-ring (bicyclic) bond motifs is 1. The van der Waals surface area contributed by atoms with Crippen LogP contribution in [0.1, 0.15) is 24.2 Å². The molecule has 7 heteroatoms. The van der Waals surface area contributed by atoms with E-state index in [-0.39, 0.29) is 6.61 Å². The second-order valence-electron chi connectivity index (χ2n) is 6.31. The van der Waals surface area contributed by atoms with Crippen molar-refractivity contribution >= 4 is 18.3 Å². The molecule has 2 atom stereocenters. The van der Waals surface area contributed by atoms with E-state index >= 15 is 0 Å². The number of esters is 1. The second kappa shape index (κ2) is 9.14. The molecule has 0 aliphatic carbocycles. The van der Waals surface area contributed by atoms with Gasteiger partial charge in [-0.25, -0.2) is 0 Å². The van der Waals surface area contributed by atoms with Gasteiger partial charge in [-0.15, -0.1) is 0 Å². The summed E-state index contributed by atoms with van der Waals surface area (Å²) in [7, 11) is 3.12. The van der Waals surface area contributed by atoms with Crippen molar-refractivity contribution in [1.29, 1.82) is 0 Å². The van der Waals surface area contributed by atoms with Gasteiger partial charge < -0.3 is 23.7 Å². The van der Waals surface area contributed by atoms with E-state index in [0.717, 1.165) is 11.1 Å². The number of rotatable bonds is 7. The maximum Gasteiger partial charge on any atom is 0.302 e. The molecule has 7 nitrogen and oxygen atoms in total. The molecule has 0 amide bonds. The van der Waals surface area contributed by atoms with Crippen LogP contribution in [0.4, 0.5) is 0 Å². The smallest absolute Gasteiger partial charge is 0.302 e. The van der Waals surface area contributed by atoms with Crippen LogP contribution in [-0.2, 0) is 14.3 Å². The van der Waals surface area contributed by atoms with Crippen LogP contribution >= 0.6 is 0 Å². The predicted molar refractivity (Wildman–Crippen MR) is 106 cm³/mol. The number of methoxy groups -OCH3 is 2. The van der Waals surface area contributed by atoms with Crippen LogP contribution in [0.15, 0.2) is 42.5 Å². The lowest BCUT2D eigenvalue weighted by Crippen LogP contribution is -2.37. The van der Waals surface area contributed by atoms with Crippen molar-refractivity contribution in [3.63, 3.8) is 0 Å². The molecule has 152 valence electrons. The molecule has 29 heavy (non-hydrogen) atoms. The van der Waals surface area contributed by atoms with Crippen LogP contribution in [0, 0.1) is 0 Å². The Balaban J connectivity index is 1.95. The highest BCUT2D eigenvalue weighted by atomic mass is 16.6. The summed E-state index contributed by atoms with van der Waals surface area (Å²) >= 11 is 0. The van der Waals surface area contributed by atoms with Crippen molar-refractivity contribution in [3.05, 3.63) is 53.6 Å². The Labute approximate surface area is 168 Å². The topological polar surface area (TPSA) is 80.3 Å². The van der Waals surface area contributed by atoms with E-state index in [9.17, 15) is 9.59 Å². The van der Waals surface area contributed by atoms with E-state index < -0.39 is 18.2 Å². The van der Waals surface area contributed by atoms with Crippen molar-refractivity contribution in [3.8, 4) is 23.0 Å². The standard InChI is InChI=1S/C22H22O7/c1-14(24)27-13-21-22(16-7-9-17(25-2)19(12-16)26-3)29-18-8-6-15(5-4-10-23)11-20(18)28-21/h4-12,21-22H,13H2,1-3H3/b5-4+/t21-,22-/m0/s1. The lowest BCUT2D eigenvalue weighted by atomic mass is 10.0. The zero-order valence-electron chi connectivity index (χ0n) is 16.4. The van der Waals surface area contributed by atoms with Crippen molar-refractivity contribution in [2.75, 3.05) is 20.8 Å². The van der Waals surface area contributed by atoms with Gasteiger partial charge in [-0.3, -0.25) is 9.59 Å². The molecular formula is C22H22O7. The Hall–Kier alpha value is -3.48. The Bertz CT molecular complexity index is 919. The fourth-order valence-corrected chi connectivity index (χ4v) is 3.04. The number of carbonyl (C=O) groups excluding carboxylic acids is 2. The monoisotopic (exact) mass is 398 g/mol. The number of benzene rings is 2. The Morgan fingerprint density at radius 2 is 1.83 bits per heavy atom. The van der Waals surface area contributed by atoms with Crippen LogP contribution in [0.5, 0.6) is 23.0 Å². The number of carbonyl (C=O) groups is 2. The minimum absolute atomic E-state index is 0.0161. The minimum Gasteiger partial charge on any atom is -0.493 e. The third-order valence-electron chi connectivity index (χ3n) is 4.39. The first-order chi connectivity index (χ1) is 14.0. The highest BCUT2D eigenvalue weighted by molar-refractivity contribution is 5.74. The van der Waals surface area contributed by atoms with E-state index in [1.54, 1.807) is 44.6 Å². The van der Waals surface area contributed by atoms with Gasteiger partial charge >= 0.3 is 5.97 Å². The van der Waals surface area contributed by atoms with Crippen molar-refractivity contribution in [2.24, 2.45) is 0 Å². The molecule has 2 aromatic carbocycles. The molecule has 0 saturated carbocycles. The summed E-state index contributed by atoms with van der Waals surface area (Å²) in [5.74, 6) is 1.80. The highest BCUT2D eigenvalue weighted by Crippen LogP contribution is 2.42. The number of ether oxygens (including phenoxy) is 5. The summed E-state index contributed by atoms with van der Waals surface area (Å²) in [5, 5.41) is 0. The van der Waals surface area contributed by atoms with Gasteiger partial charge in [0.1, 0.15) is 12.9 Å². The SMILES string of the molecule is COc1ccc([C@@H]2Oc3ccc(/C=C/C=O)cc3O[C@H]2COC(C)=O)cc1OC. The first-order valence-corrected chi connectivity index (χ1v) is 9.00. The van der Waals surface area contributed by atoms with E-state index in [4.69, 9.17) is 23.7 Å². The lowest BCUT2D eigenvalue weighted by Gasteiger charge is -2.34. The number of aldehydes is 1. The van der Waals surface area contributed by atoms with Gasteiger partial charge in [-0.2, -0.15) is 0 Å². The van der Waals surface area contributed by atoms with Crippen molar-refractivity contribution in [1.82, 2.24) is 0 Å². The zero-order chi connectivity index (χ0) is 20.8. The zero-order valence-corrected chi connectivity index (χ0v) is 16.4. The number of hydrogen-bond donors (Lipinski definition) is 0.